The Morgan fingerprint density at radius 1 is 1.04 bits per heavy atom. The second kappa shape index (κ2) is 7.64. The van der Waals surface area contributed by atoms with Crippen LogP contribution in [-0.2, 0) is 30.3 Å². The Balaban J connectivity index is 2.11. The van der Waals surface area contributed by atoms with Gasteiger partial charge in [0, 0.05) is 18.1 Å². The van der Waals surface area contributed by atoms with Crippen LogP contribution in [0.3, 0.4) is 0 Å². The van der Waals surface area contributed by atoms with Crippen molar-refractivity contribution in [3.8, 4) is 0 Å². The minimum atomic E-state index is -0.580. The first-order chi connectivity index (χ1) is 13.4. The second-order valence-electron chi connectivity index (χ2n) is 6.18. The van der Waals surface area contributed by atoms with Crippen LogP contribution in [0.1, 0.15) is 23.6 Å². The number of hydrogen-bond acceptors (Lipinski definition) is 5. The topological polar surface area (TPSA) is 72.9 Å². The monoisotopic (exact) mass is 383 g/mol. The number of nitrogens with zero attached hydrogens (tertiary/aromatic N) is 1. The molecule has 2 aromatic rings. The summed E-state index contributed by atoms with van der Waals surface area (Å²) in [7, 11) is 2.73. The van der Waals surface area contributed by atoms with Gasteiger partial charge in [0.2, 0.25) is 5.91 Å². The van der Waals surface area contributed by atoms with Crippen molar-refractivity contribution in [3.05, 3.63) is 65.0 Å². The van der Waals surface area contributed by atoms with E-state index in [4.69, 9.17) is 4.74 Å². The van der Waals surface area contributed by atoms with Gasteiger partial charge < -0.3 is 9.47 Å². The van der Waals surface area contributed by atoms with Crippen molar-refractivity contribution in [2.75, 3.05) is 19.1 Å². The maximum Gasteiger partial charge on any atom is 0.309 e. The van der Waals surface area contributed by atoms with Crippen molar-refractivity contribution in [2.24, 2.45) is 0 Å². The summed E-state index contributed by atoms with van der Waals surface area (Å²) in [5.74, 6) is -1.76. The highest BCUT2D eigenvalue weighted by Gasteiger charge is 2.38. The molecule has 2 aromatic carbocycles. The molecule has 0 saturated carbocycles. The first-order valence-electron chi connectivity index (χ1n) is 8.46. The van der Waals surface area contributed by atoms with E-state index in [1.165, 1.54) is 33.3 Å². The van der Waals surface area contributed by atoms with Crippen LogP contribution in [0.15, 0.2) is 42.5 Å². The largest absolute Gasteiger partial charge is 0.495 e. The second-order valence-corrected chi connectivity index (χ2v) is 6.18. The first-order valence-corrected chi connectivity index (χ1v) is 8.46. The molecule has 0 fully saturated rings. The number of ether oxygens (including phenoxy) is 2. The van der Waals surface area contributed by atoms with Crippen LogP contribution in [-0.4, -0.2) is 32.0 Å². The smallest absolute Gasteiger partial charge is 0.309 e. The van der Waals surface area contributed by atoms with Gasteiger partial charge in [-0.05, 0) is 23.8 Å². The lowest BCUT2D eigenvalue weighted by Gasteiger charge is -2.13. The van der Waals surface area contributed by atoms with Crippen LogP contribution < -0.4 is 4.90 Å². The Morgan fingerprint density at radius 2 is 1.71 bits per heavy atom. The molecule has 144 valence electrons. The average molecular weight is 383 g/mol. The zero-order valence-electron chi connectivity index (χ0n) is 15.6. The first kappa shape index (κ1) is 19.3. The number of imide groups is 1. The Bertz CT molecular complexity index is 994. The van der Waals surface area contributed by atoms with Gasteiger partial charge in [-0.25, -0.2) is 9.29 Å². The Hall–Kier alpha value is -3.48. The molecule has 1 aliphatic rings. The maximum atomic E-state index is 13.7. The third-order valence-corrected chi connectivity index (χ3v) is 4.43. The van der Waals surface area contributed by atoms with Gasteiger partial charge in [-0.1, -0.05) is 24.3 Å². The lowest BCUT2D eigenvalue weighted by atomic mass is 10.0. The van der Waals surface area contributed by atoms with Gasteiger partial charge in [0.15, 0.2) is 0 Å². The van der Waals surface area contributed by atoms with E-state index in [2.05, 4.69) is 4.74 Å². The number of carbonyl (C=O) groups is 3. The highest BCUT2D eigenvalue weighted by atomic mass is 19.1. The third-order valence-electron chi connectivity index (χ3n) is 4.43. The van der Waals surface area contributed by atoms with Gasteiger partial charge in [-0.3, -0.25) is 14.4 Å². The van der Waals surface area contributed by atoms with E-state index < -0.39 is 17.6 Å². The zero-order valence-corrected chi connectivity index (χ0v) is 15.6. The van der Waals surface area contributed by atoms with Crippen molar-refractivity contribution < 1.29 is 28.2 Å². The molecule has 3 rings (SSSR count). The summed E-state index contributed by atoms with van der Waals surface area (Å²) in [6, 6.07) is 10.7. The van der Waals surface area contributed by atoms with Crippen LogP contribution >= 0.6 is 0 Å². The van der Waals surface area contributed by atoms with Crippen LogP contribution in [0.25, 0.3) is 11.3 Å². The fourth-order valence-electron chi connectivity index (χ4n) is 3.15. The van der Waals surface area contributed by atoms with Crippen molar-refractivity contribution in [1.82, 2.24) is 0 Å². The maximum absolute atomic E-state index is 13.7. The summed E-state index contributed by atoms with van der Waals surface area (Å²) in [6.45, 7) is 1.24. The molecule has 2 amide bonds. The van der Waals surface area contributed by atoms with Crippen LogP contribution in [0.2, 0.25) is 0 Å². The molecule has 6 nitrogen and oxygen atoms in total. The van der Waals surface area contributed by atoms with Crippen LogP contribution in [0.5, 0.6) is 0 Å². The predicted molar refractivity (Wildman–Crippen MR) is 101 cm³/mol. The number of benzene rings is 2. The van der Waals surface area contributed by atoms with Gasteiger partial charge >= 0.3 is 5.97 Å². The highest BCUT2D eigenvalue weighted by molar-refractivity contribution is 6.42. The molecule has 0 bridgehead atoms. The molecule has 0 N–H and O–H groups in total. The highest BCUT2D eigenvalue weighted by Crippen LogP contribution is 2.41. The summed E-state index contributed by atoms with van der Waals surface area (Å²) in [5.41, 5.74) is 2.09. The van der Waals surface area contributed by atoms with E-state index in [9.17, 15) is 18.8 Å². The van der Waals surface area contributed by atoms with Gasteiger partial charge in [0.05, 0.1) is 31.9 Å². The number of carbonyl (C=O) groups excluding carboxylic acids is 3. The summed E-state index contributed by atoms with van der Waals surface area (Å²) >= 11 is 0. The molecule has 0 spiro atoms. The molecule has 7 heteroatoms. The van der Waals surface area contributed by atoms with Crippen LogP contribution in [0, 0.1) is 5.82 Å². The van der Waals surface area contributed by atoms with Gasteiger partial charge in [0.25, 0.3) is 5.91 Å². The Kier molecular flexibility index (Phi) is 5.26. The normalized spacial score (nSPS) is 14.6. The number of esters is 1. The van der Waals surface area contributed by atoms with Crippen molar-refractivity contribution in [3.63, 3.8) is 0 Å². The summed E-state index contributed by atoms with van der Waals surface area (Å²) in [5, 5.41) is 0. The molecule has 1 aliphatic heterocycles. The van der Waals surface area contributed by atoms with Gasteiger partial charge in [-0.15, -0.1) is 0 Å². The average Bonchev–Trinajstić information content (AvgIpc) is 2.95. The van der Waals surface area contributed by atoms with E-state index in [1.807, 2.05) is 0 Å². The number of fused-ring (bicyclic) bond motifs is 1. The molecule has 0 radical (unpaired) electrons. The number of hydrogen-bond donors (Lipinski definition) is 0. The van der Waals surface area contributed by atoms with E-state index in [1.54, 1.807) is 24.3 Å². The summed E-state index contributed by atoms with van der Waals surface area (Å²) < 4.78 is 23.8. The van der Waals surface area contributed by atoms with E-state index in [-0.39, 0.29) is 29.4 Å². The van der Waals surface area contributed by atoms with Crippen molar-refractivity contribution in [2.45, 2.75) is 13.3 Å². The number of rotatable bonds is 4. The van der Waals surface area contributed by atoms with E-state index in [0.717, 1.165) is 16.5 Å². The fourth-order valence-corrected chi connectivity index (χ4v) is 3.15. The molecular weight excluding hydrogens is 365 g/mol. The van der Waals surface area contributed by atoms with E-state index in [0.29, 0.717) is 11.1 Å². The van der Waals surface area contributed by atoms with E-state index >= 15 is 0 Å². The Morgan fingerprint density at radius 3 is 2.29 bits per heavy atom. The molecule has 0 atom stereocenters. The summed E-state index contributed by atoms with van der Waals surface area (Å²) in [4.78, 5) is 37.2. The standard InChI is InChI=1S/C21H18FNO5/c1-12(24)23-17-11-15(22)8-9-16(17)19(21(23)26)20(28-3)14-6-4-13(5-7-14)10-18(25)27-2/h4-9,11H,10H2,1-3H3/b20-19+. The van der Waals surface area contributed by atoms with Crippen LogP contribution in [0.4, 0.5) is 10.1 Å². The molecule has 0 aliphatic carbocycles. The molecule has 0 saturated heterocycles. The SMILES string of the molecule is COC(=O)Cc1ccc(/C(OC)=C2\C(=O)N(C(C)=O)c3cc(F)ccc32)cc1. The lowest BCUT2D eigenvalue weighted by Crippen LogP contribution is -2.31. The van der Waals surface area contributed by atoms with Gasteiger partial charge in [-0.2, -0.15) is 0 Å². The summed E-state index contributed by atoms with van der Waals surface area (Å²) in [6.07, 6.45) is 0.120. The number of halogens is 1. The van der Waals surface area contributed by atoms with Gasteiger partial charge in [0.1, 0.15) is 11.6 Å². The predicted octanol–water partition coefficient (Wildman–Crippen LogP) is 2.95. The lowest BCUT2D eigenvalue weighted by molar-refractivity contribution is -0.139. The minimum absolute atomic E-state index is 0.120. The molecular formula is C21H18FNO5. The third kappa shape index (κ3) is 3.38. The zero-order chi connectivity index (χ0) is 20.4. The number of methoxy groups -OCH3 is 2. The fraction of sp³-hybridized carbons (Fsp3) is 0.190. The molecule has 0 unspecified atom stereocenters. The minimum Gasteiger partial charge on any atom is -0.495 e. The number of amides is 2. The van der Waals surface area contributed by atoms with Crippen molar-refractivity contribution in [1.29, 1.82) is 0 Å². The Labute approximate surface area is 161 Å². The molecule has 1 heterocycles. The molecule has 28 heavy (non-hydrogen) atoms. The quantitative estimate of drug-likeness (QED) is 0.461. The number of anilines is 1. The van der Waals surface area contributed by atoms with Crippen molar-refractivity contribution >= 4 is 34.8 Å². The molecule has 0 aromatic heterocycles.